The third kappa shape index (κ3) is 3.57. The Balaban J connectivity index is 1.41. The summed E-state index contributed by atoms with van der Waals surface area (Å²) in [7, 11) is 0. The smallest absolute Gasteiger partial charge is 0.273 e. The predicted octanol–water partition coefficient (Wildman–Crippen LogP) is 4.08. The van der Waals surface area contributed by atoms with Gasteiger partial charge in [0.1, 0.15) is 5.82 Å². The maximum absolute atomic E-state index is 12.3. The lowest BCUT2D eigenvalue weighted by atomic mass is 10.1. The first-order chi connectivity index (χ1) is 13.1. The molecule has 0 saturated carbocycles. The zero-order valence-corrected chi connectivity index (χ0v) is 15.4. The molecule has 0 radical (unpaired) electrons. The molecule has 4 rings (SSSR count). The lowest BCUT2D eigenvalue weighted by molar-refractivity contribution is 0.0943. The molecule has 4 aromatic rings. The van der Waals surface area contributed by atoms with E-state index in [1.165, 1.54) is 0 Å². The summed E-state index contributed by atoms with van der Waals surface area (Å²) in [6, 6.07) is 16.7. The van der Waals surface area contributed by atoms with Crippen molar-refractivity contribution in [2.75, 3.05) is 6.54 Å². The van der Waals surface area contributed by atoms with Gasteiger partial charge >= 0.3 is 0 Å². The van der Waals surface area contributed by atoms with Crippen LogP contribution >= 0.6 is 11.6 Å². The van der Waals surface area contributed by atoms with Crippen molar-refractivity contribution < 1.29 is 9.32 Å². The zero-order valence-electron chi connectivity index (χ0n) is 14.6. The van der Waals surface area contributed by atoms with E-state index < -0.39 is 0 Å². The Morgan fingerprint density at radius 2 is 1.96 bits per heavy atom. The first kappa shape index (κ1) is 17.3. The van der Waals surface area contributed by atoms with Crippen molar-refractivity contribution in [1.29, 1.82) is 0 Å². The van der Waals surface area contributed by atoms with Crippen molar-refractivity contribution >= 4 is 28.5 Å². The number of rotatable bonds is 5. The molecule has 0 bridgehead atoms. The Labute approximate surface area is 160 Å². The molecule has 0 fully saturated rings. The number of carbonyl (C=O) groups excluding carboxylic acids is 1. The number of hydrogen-bond acceptors (Lipinski definition) is 4. The Bertz CT molecular complexity index is 1100. The van der Waals surface area contributed by atoms with Crippen LogP contribution in [0.1, 0.15) is 16.3 Å². The summed E-state index contributed by atoms with van der Waals surface area (Å²) in [5.74, 6) is 1.16. The number of fused-ring (bicyclic) bond motifs is 1. The summed E-state index contributed by atoms with van der Waals surface area (Å²) >= 11 is 5.88. The highest BCUT2D eigenvalue weighted by Crippen LogP contribution is 2.22. The number of nitrogens with zero attached hydrogens (tertiary/aromatic N) is 3. The van der Waals surface area contributed by atoms with Gasteiger partial charge < -0.3 is 14.4 Å². The summed E-state index contributed by atoms with van der Waals surface area (Å²) in [6.07, 6.45) is 0. The maximum atomic E-state index is 12.3. The molecule has 2 heterocycles. The minimum absolute atomic E-state index is 0.243. The van der Waals surface area contributed by atoms with Crippen LogP contribution in [-0.4, -0.2) is 27.2 Å². The molecule has 2 aromatic carbocycles. The van der Waals surface area contributed by atoms with Gasteiger partial charge in [-0.25, -0.2) is 4.98 Å². The standard InChI is InChI=1S/C20H17ClN4O2/c1-13-23-16-4-2-3-5-18(16)25(13)11-10-22-20(26)17-12-19(27-24-17)14-6-8-15(21)9-7-14/h2-9,12H,10-11H2,1H3,(H,22,26). The SMILES string of the molecule is Cc1nc2ccccc2n1CCNC(=O)c1cc(-c2ccc(Cl)cc2)on1. The second-order valence-electron chi connectivity index (χ2n) is 6.14. The van der Waals surface area contributed by atoms with Crippen molar-refractivity contribution in [3.63, 3.8) is 0 Å². The molecule has 2 aromatic heterocycles. The monoisotopic (exact) mass is 380 g/mol. The topological polar surface area (TPSA) is 73.0 Å². The van der Waals surface area contributed by atoms with Crippen molar-refractivity contribution in [3.8, 4) is 11.3 Å². The fourth-order valence-corrected chi connectivity index (χ4v) is 3.11. The number of para-hydroxylation sites is 2. The van der Waals surface area contributed by atoms with E-state index in [-0.39, 0.29) is 11.6 Å². The van der Waals surface area contributed by atoms with Crippen LogP contribution in [0, 0.1) is 6.92 Å². The van der Waals surface area contributed by atoms with E-state index in [4.69, 9.17) is 16.1 Å². The molecule has 7 heteroatoms. The Kier molecular flexibility index (Phi) is 4.64. The lowest BCUT2D eigenvalue weighted by Gasteiger charge is -2.07. The zero-order chi connectivity index (χ0) is 18.8. The fourth-order valence-electron chi connectivity index (χ4n) is 2.98. The van der Waals surface area contributed by atoms with E-state index in [1.54, 1.807) is 18.2 Å². The largest absolute Gasteiger partial charge is 0.355 e. The van der Waals surface area contributed by atoms with Crippen LogP contribution in [0.4, 0.5) is 0 Å². The highest BCUT2D eigenvalue weighted by molar-refractivity contribution is 6.30. The quantitative estimate of drug-likeness (QED) is 0.566. The number of amides is 1. The molecule has 0 aliphatic rings. The average Bonchev–Trinajstić information content (AvgIpc) is 3.27. The average molecular weight is 381 g/mol. The molecule has 6 nitrogen and oxygen atoms in total. The molecule has 0 saturated heterocycles. The number of carbonyl (C=O) groups is 1. The van der Waals surface area contributed by atoms with E-state index in [9.17, 15) is 4.79 Å². The summed E-state index contributed by atoms with van der Waals surface area (Å²) < 4.78 is 7.35. The van der Waals surface area contributed by atoms with E-state index in [0.29, 0.717) is 23.9 Å². The van der Waals surface area contributed by atoms with E-state index in [1.807, 2.05) is 43.3 Å². The first-order valence-corrected chi connectivity index (χ1v) is 8.92. The summed E-state index contributed by atoms with van der Waals surface area (Å²) in [4.78, 5) is 16.9. The van der Waals surface area contributed by atoms with E-state index in [0.717, 1.165) is 22.4 Å². The van der Waals surface area contributed by atoms with Crippen LogP contribution in [0.2, 0.25) is 5.02 Å². The van der Waals surface area contributed by atoms with Crippen molar-refractivity contribution in [3.05, 3.63) is 71.1 Å². The van der Waals surface area contributed by atoms with Crippen LogP contribution in [0.25, 0.3) is 22.4 Å². The highest BCUT2D eigenvalue weighted by Gasteiger charge is 2.14. The highest BCUT2D eigenvalue weighted by atomic mass is 35.5. The van der Waals surface area contributed by atoms with E-state index >= 15 is 0 Å². The van der Waals surface area contributed by atoms with Gasteiger partial charge in [0.05, 0.1) is 11.0 Å². The Hall–Kier alpha value is -3.12. The number of halogens is 1. The maximum Gasteiger partial charge on any atom is 0.273 e. The molecule has 0 aliphatic heterocycles. The van der Waals surface area contributed by atoms with Crippen LogP contribution in [0.5, 0.6) is 0 Å². The van der Waals surface area contributed by atoms with Crippen molar-refractivity contribution in [2.24, 2.45) is 0 Å². The third-order valence-corrected chi connectivity index (χ3v) is 4.59. The van der Waals surface area contributed by atoms with E-state index in [2.05, 4.69) is 20.0 Å². The number of benzene rings is 2. The first-order valence-electron chi connectivity index (χ1n) is 8.54. The Morgan fingerprint density at radius 3 is 2.78 bits per heavy atom. The second-order valence-corrected chi connectivity index (χ2v) is 6.58. The van der Waals surface area contributed by atoms with Gasteiger partial charge in [-0.1, -0.05) is 28.9 Å². The Morgan fingerprint density at radius 1 is 1.19 bits per heavy atom. The van der Waals surface area contributed by atoms with Gasteiger partial charge in [-0.15, -0.1) is 0 Å². The number of hydrogen-bond donors (Lipinski definition) is 1. The molecule has 27 heavy (non-hydrogen) atoms. The van der Waals surface area contributed by atoms with Gasteiger partial charge in [-0.2, -0.15) is 0 Å². The molecule has 0 unspecified atom stereocenters. The van der Waals surface area contributed by atoms with Crippen molar-refractivity contribution in [2.45, 2.75) is 13.5 Å². The normalized spacial score (nSPS) is 11.0. The number of aromatic nitrogens is 3. The minimum atomic E-state index is -0.277. The number of aryl methyl sites for hydroxylation is 1. The number of nitrogens with one attached hydrogen (secondary N) is 1. The van der Waals surface area contributed by atoms with Crippen LogP contribution in [-0.2, 0) is 6.54 Å². The molecule has 1 N–H and O–H groups in total. The van der Waals surface area contributed by atoms with Gasteiger partial charge in [0.2, 0.25) is 0 Å². The van der Waals surface area contributed by atoms with Crippen LogP contribution in [0.3, 0.4) is 0 Å². The minimum Gasteiger partial charge on any atom is -0.355 e. The summed E-state index contributed by atoms with van der Waals surface area (Å²) in [5.41, 5.74) is 3.06. The van der Waals surface area contributed by atoms with Gasteiger partial charge in [-0.3, -0.25) is 4.79 Å². The summed E-state index contributed by atoms with van der Waals surface area (Å²) in [6.45, 7) is 3.04. The molecular formula is C20H17ClN4O2. The predicted molar refractivity (Wildman–Crippen MR) is 104 cm³/mol. The van der Waals surface area contributed by atoms with Crippen LogP contribution in [0.15, 0.2) is 59.1 Å². The fraction of sp³-hybridized carbons (Fsp3) is 0.150. The van der Waals surface area contributed by atoms with Gasteiger partial charge in [0, 0.05) is 29.7 Å². The number of imidazole rings is 1. The lowest BCUT2D eigenvalue weighted by Crippen LogP contribution is -2.27. The second kappa shape index (κ2) is 7.25. The molecule has 136 valence electrons. The van der Waals surface area contributed by atoms with Gasteiger partial charge in [-0.05, 0) is 43.3 Å². The molecule has 0 aliphatic carbocycles. The third-order valence-electron chi connectivity index (χ3n) is 4.34. The van der Waals surface area contributed by atoms with Gasteiger partial charge in [0.25, 0.3) is 5.91 Å². The van der Waals surface area contributed by atoms with Crippen LogP contribution < -0.4 is 5.32 Å². The molecule has 0 atom stereocenters. The van der Waals surface area contributed by atoms with Gasteiger partial charge in [0.15, 0.2) is 11.5 Å². The molecular weight excluding hydrogens is 364 g/mol. The molecule has 0 spiro atoms. The summed E-state index contributed by atoms with van der Waals surface area (Å²) in [5, 5.41) is 7.37. The molecule has 1 amide bonds. The van der Waals surface area contributed by atoms with Crippen molar-refractivity contribution in [1.82, 2.24) is 20.0 Å².